The van der Waals surface area contributed by atoms with Gasteiger partial charge in [0.1, 0.15) is 6.07 Å². The molecule has 0 spiro atoms. The first-order valence-corrected chi connectivity index (χ1v) is 7.07. The first-order valence-electron chi connectivity index (χ1n) is 4.80. The second-order valence-electron chi connectivity index (χ2n) is 3.39. The van der Waals surface area contributed by atoms with E-state index in [-0.39, 0.29) is 6.54 Å². The Morgan fingerprint density at radius 1 is 1.41 bits per heavy atom. The minimum atomic E-state index is -3.18. The van der Waals surface area contributed by atoms with Crippen molar-refractivity contribution in [1.82, 2.24) is 4.72 Å². The monoisotopic (exact) mass is 273 g/mol. The van der Waals surface area contributed by atoms with E-state index >= 15 is 0 Å². The van der Waals surface area contributed by atoms with Crippen LogP contribution >= 0.6 is 11.6 Å². The number of anilines is 1. The number of hydrogen-bond donors (Lipinski definition) is 2. The molecule has 7 heteroatoms. The van der Waals surface area contributed by atoms with Crippen LogP contribution in [0.25, 0.3) is 0 Å². The van der Waals surface area contributed by atoms with Gasteiger partial charge in [-0.1, -0.05) is 11.6 Å². The Morgan fingerprint density at radius 2 is 2.12 bits per heavy atom. The van der Waals surface area contributed by atoms with Crippen molar-refractivity contribution in [2.75, 3.05) is 24.7 Å². The van der Waals surface area contributed by atoms with E-state index in [4.69, 9.17) is 16.9 Å². The second-order valence-corrected chi connectivity index (χ2v) is 5.66. The number of nitrogens with one attached hydrogen (secondary N) is 2. The fourth-order valence-corrected chi connectivity index (χ4v) is 1.84. The molecule has 0 heterocycles. The average Bonchev–Trinajstić information content (AvgIpc) is 2.23. The van der Waals surface area contributed by atoms with Crippen LogP contribution in [0.1, 0.15) is 5.56 Å². The highest BCUT2D eigenvalue weighted by molar-refractivity contribution is 7.88. The Balaban J connectivity index is 2.58. The summed E-state index contributed by atoms with van der Waals surface area (Å²) in [6, 6.07) is 6.88. The van der Waals surface area contributed by atoms with Gasteiger partial charge in [-0.15, -0.1) is 0 Å². The zero-order chi connectivity index (χ0) is 12.9. The summed E-state index contributed by atoms with van der Waals surface area (Å²) in [4.78, 5) is 0. The molecule has 0 aliphatic carbocycles. The molecule has 5 nitrogen and oxygen atoms in total. The largest absolute Gasteiger partial charge is 0.383 e. The molecule has 17 heavy (non-hydrogen) atoms. The number of nitrogens with zero attached hydrogens (tertiary/aromatic N) is 1. The Labute approximate surface area is 105 Å². The van der Waals surface area contributed by atoms with Crippen LogP contribution in [0.3, 0.4) is 0 Å². The number of rotatable bonds is 5. The minimum Gasteiger partial charge on any atom is -0.383 e. The summed E-state index contributed by atoms with van der Waals surface area (Å²) in [5, 5.41) is 12.3. The van der Waals surface area contributed by atoms with E-state index in [9.17, 15) is 8.42 Å². The van der Waals surface area contributed by atoms with Crippen LogP contribution in [0, 0.1) is 11.3 Å². The average molecular weight is 274 g/mol. The van der Waals surface area contributed by atoms with Crippen molar-refractivity contribution in [3.63, 3.8) is 0 Å². The standard InChI is InChI=1S/C10H12ClN3O2S/c1-17(15,16)14-5-4-13-10-6-9(11)3-2-8(10)7-12/h2-3,6,13-14H,4-5H2,1H3. The first-order chi connectivity index (χ1) is 7.92. The summed E-state index contributed by atoms with van der Waals surface area (Å²) in [6.45, 7) is 0.623. The highest BCUT2D eigenvalue weighted by Gasteiger charge is 2.03. The normalized spacial score (nSPS) is 10.9. The second kappa shape index (κ2) is 5.87. The first kappa shape index (κ1) is 13.8. The number of nitriles is 1. The van der Waals surface area contributed by atoms with Crippen molar-refractivity contribution in [2.45, 2.75) is 0 Å². The quantitative estimate of drug-likeness (QED) is 0.789. The predicted octanol–water partition coefficient (Wildman–Crippen LogP) is 1.17. The van der Waals surface area contributed by atoms with Crippen LogP contribution in [0.5, 0.6) is 0 Å². The molecule has 0 radical (unpaired) electrons. The molecule has 0 aliphatic rings. The molecule has 1 aromatic rings. The SMILES string of the molecule is CS(=O)(=O)NCCNc1cc(Cl)ccc1C#N. The van der Waals surface area contributed by atoms with E-state index in [1.165, 1.54) is 0 Å². The molecule has 0 bridgehead atoms. The summed E-state index contributed by atoms with van der Waals surface area (Å²) >= 11 is 5.80. The van der Waals surface area contributed by atoms with Crippen molar-refractivity contribution in [3.05, 3.63) is 28.8 Å². The topological polar surface area (TPSA) is 82.0 Å². The van der Waals surface area contributed by atoms with Crippen LogP contribution in [-0.4, -0.2) is 27.8 Å². The lowest BCUT2D eigenvalue weighted by Gasteiger charge is -2.08. The zero-order valence-corrected chi connectivity index (χ0v) is 10.8. The summed E-state index contributed by atoms with van der Waals surface area (Å²) < 4.78 is 24.0. The third-order valence-corrected chi connectivity index (χ3v) is 2.87. The van der Waals surface area contributed by atoms with E-state index in [0.717, 1.165) is 6.26 Å². The lowest BCUT2D eigenvalue weighted by molar-refractivity contribution is 0.589. The fourth-order valence-electron chi connectivity index (χ4n) is 1.19. The maximum absolute atomic E-state index is 10.8. The zero-order valence-electron chi connectivity index (χ0n) is 9.20. The number of benzene rings is 1. The van der Waals surface area contributed by atoms with Crippen molar-refractivity contribution in [1.29, 1.82) is 5.26 Å². The number of halogens is 1. The molecule has 0 unspecified atom stereocenters. The van der Waals surface area contributed by atoms with Gasteiger partial charge in [-0.25, -0.2) is 13.1 Å². The van der Waals surface area contributed by atoms with Crippen LogP contribution in [0.2, 0.25) is 5.02 Å². The number of sulfonamides is 1. The van der Waals surface area contributed by atoms with Crippen LogP contribution in [-0.2, 0) is 10.0 Å². The van der Waals surface area contributed by atoms with Crippen molar-refractivity contribution in [3.8, 4) is 6.07 Å². The van der Waals surface area contributed by atoms with Gasteiger partial charge in [-0.05, 0) is 18.2 Å². The molecule has 2 N–H and O–H groups in total. The molecule has 0 atom stereocenters. The highest BCUT2D eigenvalue weighted by atomic mass is 35.5. The summed E-state index contributed by atoms with van der Waals surface area (Å²) in [5.74, 6) is 0. The van der Waals surface area contributed by atoms with Crippen molar-refractivity contribution in [2.24, 2.45) is 0 Å². The minimum absolute atomic E-state index is 0.246. The van der Waals surface area contributed by atoms with E-state index < -0.39 is 10.0 Å². The van der Waals surface area contributed by atoms with Gasteiger partial charge in [0.25, 0.3) is 0 Å². The van der Waals surface area contributed by atoms with Gasteiger partial charge in [0.15, 0.2) is 0 Å². The van der Waals surface area contributed by atoms with Gasteiger partial charge in [0.2, 0.25) is 10.0 Å². The van der Waals surface area contributed by atoms with Gasteiger partial charge in [0.05, 0.1) is 17.5 Å². The Kier molecular flexibility index (Phi) is 4.75. The van der Waals surface area contributed by atoms with Gasteiger partial charge >= 0.3 is 0 Å². The smallest absolute Gasteiger partial charge is 0.208 e. The van der Waals surface area contributed by atoms with Crippen LogP contribution < -0.4 is 10.0 Å². The lowest BCUT2D eigenvalue weighted by atomic mass is 10.2. The summed E-state index contributed by atoms with van der Waals surface area (Å²) in [6.07, 6.45) is 1.09. The van der Waals surface area contributed by atoms with E-state index in [0.29, 0.717) is 22.8 Å². The third kappa shape index (κ3) is 5.04. The molecule has 1 rings (SSSR count). The molecular weight excluding hydrogens is 262 g/mol. The molecule has 0 saturated heterocycles. The molecule has 0 amide bonds. The summed E-state index contributed by atoms with van der Waals surface area (Å²) in [7, 11) is -3.18. The fraction of sp³-hybridized carbons (Fsp3) is 0.300. The van der Waals surface area contributed by atoms with Crippen LogP contribution in [0.15, 0.2) is 18.2 Å². The van der Waals surface area contributed by atoms with Gasteiger partial charge in [-0.3, -0.25) is 0 Å². The maximum Gasteiger partial charge on any atom is 0.208 e. The Morgan fingerprint density at radius 3 is 2.71 bits per heavy atom. The molecule has 92 valence electrons. The molecule has 0 saturated carbocycles. The molecular formula is C10H12ClN3O2S. The van der Waals surface area contributed by atoms with E-state index in [1.54, 1.807) is 18.2 Å². The van der Waals surface area contributed by atoms with Crippen molar-refractivity contribution >= 4 is 27.3 Å². The molecule has 0 aromatic heterocycles. The molecule has 1 aromatic carbocycles. The summed E-state index contributed by atoms with van der Waals surface area (Å²) in [5.41, 5.74) is 1.06. The predicted molar refractivity (Wildman–Crippen MR) is 67.5 cm³/mol. The van der Waals surface area contributed by atoms with E-state index in [1.807, 2.05) is 6.07 Å². The van der Waals surface area contributed by atoms with Gasteiger partial charge < -0.3 is 5.32 Å². The maximum atomic E-state index is 10.8. The van der Waals surface area contributed by atoms with E-state index in [2.05, 4.69) is 10.0 Å². The van der Waals surface area contributed by atoms with Gasteiger partial charge in [0, 0.05) is 18.1 Å². The highest BCUT2D eigenvalue weighted by Crippen LogP contribution is 2.19. The van der Waals surface area contributed by atoms with Gasteiger partial charge in [-0.2, -0.15) is 5.26 Å². The number of hydrogen-bond acceptors (Lipinski definition) is 4. The molecule has 0 fully saturated rings. The Hall–Kier alpha value is -1.29. The lowest BCUT2D eigenvalue weighted by Crippen LogP contribution is -2.27. The third-order valence-electron chi connectivity index (χ3n) is 1.91. The Bertz CT molecular complexity index is 537. The molecule has 0 aliphatic heterocycles. The van der Waals surface area contributed by atoms with Crippen LogP contribution in [0.4, 0.5) is 5.69 Å². The van der Waals surface area contributed by atoms with Crippen molar-refractivity contribution < 1.29 is 8.42 Å².